The van der Waals surface area contributed by atoms with Gasteiger partial charge in [0.05, 0.1) is 6.20 Å². The summed E-state index contributed by atoms with van der Waals surface area (Å²) >= 11 is 0. The van der Waals surface area contributed by atoms with E-state index in [-0.39, 0.29) is 6.04 Å². The van der Waals surface area contributed by atoms with Crippen LogP contribution in [-0.2, 0) is 4.79 Å². The quantitative estimate of drug-likeness (QED) is 0.814. The minimum absolute atomic E-state index is 0.0512. The Bertz CT molecular complexity index is 513. The maximum absolute atomic E-state index is 12.3. The number of Topliss-reactive ketones (excluding diaryl/α,β-unsaturated/α-hetero) is 1. The van der Waals surface area contributed by atoms with Gasteiger partial charge in [-0.3, -0.25) is 9.59 Å². The smallest absolute Gasteiger partial charge is 0.352 e. The molecule has 2 unspecified atom stereocenters. The van der Waals surface area contributed by atoms with Crippen LogP contribution in [0.2, 0.25) is 0 Å². The van der Waals surface area contributed by atoms with Gasteiger partial charge in [0.2, 0.25) is 5.91 Å². The minimum atomic E-state index is -5.01. The van der Waals surface area contributed by atoms with Gasteiger partial charge in [0.15, 0.2) is 5.69 Å². The molecule has 2 atom stereocenters. The number of aromatic nitrogens is 3. The summed E-state index contributed by atoms with van der Waals surface area (Å²) in [5, 5.41) is 9.29. The Labute approximate surface area is 119 Å². The Hall–Kier alpha value is -1.93. The highest BCUT2D eigenvalue weighted by Crippen LogP contribution is 2.20. The van der Waals surface area contributed by atoms with E-state index in [4.69, 9.17) is 0 Å². The van der Waals surface area contributed by atoms with Crippen LogP contribution in [0.25, 0.3) is 0 Å². The average Bonchev–Trinajstić information content (AvgIpc) is 2.85. The molecule has 9 heteroatoms. The zero-order valence-corrected chi connectivity index (χ0v) is 11.9. The number of carbonyl (C=O) groups excluding carboxylic acids is 2. The standard InChI is InChI=1S/C12H17F3N4O2/c1-4-5-7(2)16-11(21)8(3)19-6-9(17-18-19)10(20)12(13,14)15/h6-8H,4-5H2,1-3H3,(H,16,21). The fourth-order valence-electron chi connectivity index (χ4n) is 1.70. The highest BCUT2D eigenvalue weighted by molar-refractivity contribution is 5.98. The first-order valence-corrected chi connectivity index (χ1v) is 6.50. The summed E-state index contributed by atoms with van der Waals surface area (Å²) in [6.07, 6.45) is -2.51. The topological polar surface area (TPSA) is 76.9 Å². The molecule has 0 fully saturated rings. The molecule has 0 aliphatic heterocycles. The Kier molecular flexibility index (Phi) is 5.45. The third-order valence-electron chi connectivity index (χ3n) is 2.89. The molecule has 1 heterocycles. The molecule has 1 amide bonds. The van der Waals surface area contributed by atoms with E-state index in [2.05, 4.69) is 15.6 Å². The number of alkyl halides is 3. The van der Waals surface area contributed by atoms with Crippen molar-refractivity contribution in [3.8, 4) is 0 Å². The Morgan fingerprint density at radius 3 is 2.52 bits per heavy atom. The molecule has 1 aromatic rings. The normalized spacial score (nSPS) is 14.6. The number of halogens is 3. The van der Waals surface area contributed by atoms with Gasteiger partial charge < -0.3 is 5.32 Å². The molecule has 21 heavy (non-hydrogen) atoms. The second-order valence-electron chi connectivity index (χ2n) is 4.78. The number of amides is 1. The van der Waals surface area contributed by atoms with Crippen LogP contribution in [0.15, 0.2) is 6.20 Å². The van der Waals surface area contributed by atoms with Crippen LogP contribution in [0.3, 0.4) is 0 Å². The molecule has 1 N–H and O–H groups in total. The number of hydrogen-bond donors (Lipinski definition) is 1. The van der Waals surface area contributed by atoms with Gasteiger partial charge in [0.25, 0.3) is 5.78 Å². The fraction of sp³-hybridized carbons (Fsp3) is 0.667. The third-order valence-corrected chi connectivity index (χ3v) is 2.89. The van der Waals surface area contributed by atoms with E-state index in [0.29, 0.717) is 0 Å². The third kappa shape index (κ3) is 4.54. The summed E-state index contributed by atoms with van der Waals surface area (Å²) in [7, 11) is 0. The summed E-state index contributed by atoms with van der Waals surface area (Å²) in [5.41, 5.74) is -0.830. The largest absolute Gasteiger partial charge is 0.456 e. The predicted molar refractivity (Wildman–Crippen MR) is 67.6 cm³/mol. The van der Waals surface area contributed by atoms with Gasteiger partial charge in [-0.05, 0) is 20.3 Å². The van der Waals surface area contributed by atoms with E-state index in [9.17, 15) is 22.8 Å². The number of rotatable bonds is 6. The van der Waals surface area contributed by atoms with Crippen LogP contribution in [0.5, 0.6) is 0 Å². The number of nitrogens with one attached hydrogen (secondary N) is 1. The zero-order valence-electron chi connectivity index (χ0n) is 11.9. The molecule has 0 spiro atoms. The van der Waals surface area contributed by atoms with Gasteiger partial charge >= 0.3 is 6.18 Å². The lowest BCUT2D eigenvalue weighted by atomic mass is 10.2. The Balaban J connectivity index is 2.76. The van der Waals surface area contributed by atoms with Crippen molar-refractivity contribution in [3.05, 3.63) is 11.9 Å². The number of carbonyl (C=O) groups is 2. The first-order chi connectivity index (χ1) is 9.66. The van der Waals surface area contributed by atoms with Crippen molar-refractivity contribution in [1.29, 1.82) is 0 Å². The van der Waals surface area contributed by atoms with Crippen LogP contribution in [0.1, 0.15) is 50.1 Å². The molecule has 6 nitrogen and oxygen atoms in total. The first-order valence-electron chi connectivity index (χ1n) is 6.50. The Morgan fingerprint density at radius 1 is 1.38 bits per heavy atom. The number of hydrogen-bond acceptors (Lipinski definition) is 4. The van der Waals surface area contributed by atoms with Crippen molar-refractivity contribution < 1.29 is 22.8 Å². The molecule has 0 saturated heterocycles. The van der Waals surface area contributed by atoms with Gasteiger partial charge in [-0.2, -0.15) is 13.2 Å². The van der Waals surface area contributed by atoms with E-state index in [1.54, 1.807) is 0 Å². The van der Waals surface area contributed by atoms with Crippen molar-refractivity contribution in [3.63, 3.8) is 0 Å². The van der Waals surface area contributed by atoms with Crippen molar-refractivity contribution in [2.24, 2.45) is 0 Å². The second-order valence-corrected chi connectivity index (χ2v) is 4.78. The maximum Gasteiger partial charge on any atom is 0.456 e. The first kappa shape index (κ1) is 17.1. The molecule has 0 saturated carbocycles. The zero-order chi connectivity index (χ0) is 16.2. The Morgan fingerprint density at radius 2 is 2.00 bits per heavy atom. The highest BCUT2D eigenvalue weighted by atomic mass is 19.4. The van der Waals surface area contributed by atoms with E-state index < -0.39 is 29.6 Å². The summed E-state index contributed by atoms with van der Waals surface area (Å²) in [6.45, 7) is 5.26. The maximum atomic E-state index is 12.3. The summed E-state index contributed by atoms with van der Waals surface area (Å²) in [6, 6.07) is -0.906. The molecule has 0 radical (unpaired) electrons. The fourth-order valence-corrected chi connectivity index (χ4v) is 1.70. The highest BCUT2D eigenvalue weighted by Gasteiger charge is 2.41. The molecule has 0 bridgehead atoms. The van der Waals surface area contributed by atoms with Gasteiger partial charge in [0, 0.05) is 6.04 Å². The van der Waals surface area contributed by atoms with Gasteiger partial charge in [-0.25, -0.2) is 4.68 Å². The van der Waals surface area contributed by atoms with Gasteiger partial charge in [-0.1, -0.05) is 18.6 Å². The number of ketones is 1. The van der Waals surface area contributed by atoms with Crippen LogP contribution < -0.4 is 5.32 Å². The van der Waals surface area contributed by atoms with Crippen LogP contribution in [0.4, 0.5) is 13.2 Å². The summed E-state index contributed by atoms with van der Waals surface area (Å²) in [4.78, 5) is 22.9. The van der Waals surface area contributed by atoms with E-state index in [0.717, 1.165) is 23.7 Å². The van der Waals surface area contributed by atoms with Crippen molar-refractivity contribution in [2.45, 2.75) is 51.9 Å². The summed E-state index contributed by atoms with van der Waals surface area (Å²) < 4.78 is 37.7. The summed E-state index contributed by atoms with van der Waals surface area (Å²) in [5.74, 6) is -2.48. The molecule has 1 rings (SSSR count). The van der Waals surface area contributed by atoms with Crippen molar-refractivity contribution >= 4 is 11.7 Å². The minimum Gasteiger partial charge on any atom is -0.352 e. The molecule has 0 aromatic carbocycles. The van der Waals surface area contributed by atoms with E-state index in [1.165, 1.54) is 6.92 Å². The SMILES string of the molecule is CCCC(C)NC(=O)C(C)n1cc(C(=O)C(F)(F)F)nn1. The van der Waals surface area contributed by atoms with Crippen LogP contribution in [0, 0.1) is 0 Å². The van der Waals surface area contributed by atoms with Crippen LogP contribution >= 0.6 is 0 Å². The van der Waals surface area contributed by atoms with Gasteiger partial charge in [-0.15, -0.1) is 5.10 Å². The molecule has 0 aliphatic rings. The average molecular weight is 306 g/mol. The van der Waals surface area contributed by atoms with E-state index >= 15 is 0 Å². The molecule has 0 aliphatic carbocycles. The predicted octanol–water partition coefficient (Wildman–Crippen LogP) is 1.89. The second kappa shape index (κ2) is 6.68. The van der Waals surface area contributed by atoms with Gasteiger partial charge in [0.1, 0.15) is 6.04 Å². The van der Waals surface area contributed by atoms with Crippen molar-refractivity contribution in [2.75, 3.05) is 0 Å². The molecular weight excluding hydrogens is 289 g/mol. The number of nitrogens with zero attached hydrogens (tertiary/aromatic N) is 3. The lowest BCUT2D eigenvalue weighted by molar-refractivity contribution is -0.124. The lowest BCUT2D eigenvalue weighted by Crippen LogP contribution is -2.37. The molecular formula is C12H17F3N4O2. The van der Waals surface area contributed by atoms with Crippen LogP contribution in [-0.4, -0.2) is 38.9 Å². The van der Waals surface area contributed by atoms with E-state index in [1.807, 2.05) is 13.8 Å². The molecule has 1 aromatic heterocycles. The van der Waals surface area contributed by atoms with Crippen molar-refractivity contribution in [1.82, 2.24) is 20.3 Å². The lowest BCUT2D eigenvalue weighted by Gasteiger charge is -2.16. The molecule has 118 valence electrons. The monoisotopic (exact) mass is 306 g/mol.